The van der Waals surface area contributed by atoms with Crippen molar-refractivity contribution in [2.75, 3.05) is 19.7 Å². The number of hydrogen-bond acceptors (Lipinski definition) is 3. The monoisotopic (exact) mass is 231 g/mol. The van der Waals surface area contributed by atoms with Crippen molar-refractivity contribution in [3.05, 3.63) is 0 Å². The van der Waals surface area contributed by atoms with Crippen LogP contribution in [0.4, 0.5) is 4.79 Å². The number of carboxylic acids is 1. The summed E-state index contributed by atoms with van der Waals surface area (Å²) in [6.07, 6.45) is -0.440. The lowest BCUT2D eigenvalue weighted by Gasteiger charge is -2.22. The Kier molecular flexibility index (Phi) is 6.53. The van der Waals surface area contributed by atoms with Gasteiger partial charge in [0.05, 0.1) is 12.5 Å². The lowest BCUT2D eigenvalue weighted by Crippen LogP contribution is -2.37. The van der Waals surface area contributed by atoms with Gasteiger partial charge in [0.2, 0.25) is 0 Å². The van der Waals surface area contributed by atoms with Crippen LogP contribution in [0.3, 0.4) is 0 Å². The molecule has 5 heteroatoms. The minimum atomic E-state index is -0.907. The van der Waals surface area contributed by atoms with Crippen LogP contribution in [-0.4, -0.2) is 41.8 Å². The van der Waals surface area contributed by atoms with Crippen LogP contribution in [-0.2, 0) is 9.53 Å². The quantitative estimate of drug-likeness (QED) is 0.757. The number of carboxylic acid groups (broad SMARTS) is 1. The van der Waals surface area contributed by atoms with E-state index in [9.17, 15) is 9.59 Å². The lowest BCUT2D eigenvalue weighted by atomic mass is 10.2. The highest BCUT2D eigenvalue weighted by Crippen LogP contribution is 2.04. The molecule has 0 saturated carbocycles. The first kappa shape index (κ1) is 14.7. The molecule has 94 valence electrons. The second-order valence-electron chi connectivity index (χ2n) is 4.25. The maximum Gasteiger partial charge on any atom is 0.409 e. The zero-order valence-electron chi connectivity index (χ0n) is 10.4. The Balaban J connectivity index is 4.16. The van der Waals surface area contributed by atoms with Gasteiger partial charge in [0, 0.05) is 13.1 Å². The van der Waals surface area contributed by atoms with Gasteiger partial charge in [-0.2, -0.15) is 0 Å². The first-order valence-electron chi connectivity index (χ1n) is 5.53. The predicted molar refractivity (Wildman–Crippen MR) is 60.2 cm³/mol. The SMILES string of the molecule is CCN(CC(C)C(=O)O)C(=O)OCC(C)C. The molecular weight excluding hydrogens is 210 g/mol. The predicted octanol–water partition coefficient (Wildman–Crippen LogP) is 1.82. The van der Waals surface area contributed by atoms with Crippen molar-refractivity contribution >= 4 is 12.1 Å². The Morgan fingerprint density at radius 2 is 1.88 bits per heavy atom. The Bertz CT molecular complexity index is 240. The summed E-state index contributed by atoms with van der Waals surface area (Å²) in [5, 5.41) is 8.75. The summed E-state index contributed by atoms with van der Waals surface area (Å²) in [6.45, 7) is 8.26. The van der Waals surface area contributed by atoms with Gasteiger partial charge >= 0.3 is 12.1 Å². The van der Waals surface area contributed by atoms with E-state index < -0.39 is 18.0 Å². The largest absolute Gasteiger partial charge is 0.481 e. The summed E-state index contributed by atoms with van der Waals surface area (Å²) < 4.78 is 5.03. The maximum absolute atomic E-state index is 11.5. The Hall–Kier alpha value is -1.26. The van der Waals surface area contributed by atoms with E-state index >= 15 is 0 Å². The summed E-state index contributed by atoms with van der Waals surface area (Å²) in [6, 6.07) is 0. The maximum atomic E-state index is 11.5. The summed E-state index contributed by atoms with van der Waals surface area (Å²) in [5.74, 6) is -1.21. The van der Waals surface area contributed by atoms with Crippen LogP contribution in [0.15, 0.2) is 0 Å². The third kappa shape index (κ3) is 5.58. The van der Waals surface area contributed by atoms with Crippen molar-refractivity contribution in [3.8, 4) is 0 Å². The molecule has 0 aromatic heterocycles. The summed E-state index contributed by atoms with van der Waals surface area (Å²) in [5.41, 5.74) is 0. The summed E-state index contributed by atoms with van der Waals surface area (Å²) >= 11 is 0. The Morgan fingerprint density at radius 1 is 1.31 bits per heavy atom. The van der Waals surface area contributed by atoms with Gasteiger partial charge in [-0.25, -0.2) is 4.79 Å². The van der Waals surface area contributed by atoms with Crippen LogP contribution in [0.25, 0.3) is 0 Å². The van der Waals surface area contributed by atoms with Crippen LogP contribution in [0.1, 0.15) is 27.7 Å². The number of hydrogen-bond donors (Lipinski definition) is 1. The number of aliphatic carboxylic acids is 1. The standard InChI is InChI=1S/C11H21NO4/c1-5-12(6-9(4)10(13)14)11(15)16-7-8(2)3/h8-9H,5-7H2,1-4H3,(H,13,14). The summed E-state index contributed by atoms with van der Waals surface area (Å²) in [7, 11) is 0. The van der Waals surface area contributed by atoms with Crippen molar-refractivity contribution in [1.29, 1.82) is 0 Å². The normalized spacial score (nSPS) is 12.3. The molecule has 0 rings (SSSR count). The van der Waals surface area contributed by atoms with Crippen LogP contribution >= 0.6 is 0 Å². The van der Waals surface area contributed by atoms with Gasteiger partial charge in [-0.15, -0.1) is 0 Å². The number of amides is 1. The molecule has 1 atom stereocenters. The topological polar surface area (TPSA) is 66.8 Å². The molecule has 0 bridgehead atoms. The van der Waals surface area contributed by atoms with E-state index in [1.807, 2.05) is 13.8 Å². The van der Waals surface area contributed by atoms with E-state index in [-0.39, 0.29) is 12.5 Å². The molecule has 1 amide bonds. The van der Waals surface area contributed by atoms with Gasteiger partial charge in [0.15, 0.2) is 0 Å². The van der Waals surface area contributed by atoms with Gasteiger partial charge in [-0.05, 0) is 12.8 Å². The second-order valence-corrected chi connectivity index (χ2v) is 4.25. The molecule has 0 aromatic carbocycles. The van der Waals surface area contributed by atoms with Crippen LogP contribution < -0.4 is 0 Å². The Morgan fingerprint density at radius 3 is 2.25 bits per heavy atom. The highest BCUT2D eigenvalue weighted by molar-refractivity contribution is 5.72. The molecule has 0 aromatic rings. The number of ether oxygens (including phenoxy) is 1. The van der Waals surface area contributed by atoms with Crippen molar-refractivity contribution < 1.29 is 19.4 Å². The fourth-order valence-electron chi connectivity index (χ4n) is 1.07. The number of rotatable bonds is 6. The minimum absolute atomic E-state index is 0.183. The molecule has 0 aliphatic rings. The fraction of sp³-hybridized carbons (Fsp3) is 0.818. The third-order valence-corrected chi connectivity index (χ3v) is 2.10. The highest BCUT2D eigenvalue weighted by Gasteiger charge is 2.20. The number of carbonyl (C=O) groups excluding carboxylic acids is 1. The third-order valence-electron chi connectivity index (χ3n) is 2.10. The van der Waals surface area contributed by atoms with E-state index in [1.165, 1.54) is 4.90 Å². The molecule has 0 heterocycles. The van der Waals surface area contributed by atoms with E-state index in [0.29, 0.717) is 13.2 Å². The van der Waals surface area contributed by atoms with Crippen LogP contribution in [0.5, 0.6) is 0 Å². The molecule has 0 fully saturated rings. The zero-order chi connectivity index (χ0) is 12.7. The molecule has 0 aliphatic heterocycles. The van der Waals surface area contributed by atoms with E-state index in [2.05, 4.69) is 0 Å². The average molecular weight is 231 g/mol. The molecule has 0 aliphatic carbocycles. The Labute approximate surface area is 96.4 Å². The molecule has 16 heavy (non-hydrogen) atoms. The van der Waals surface area contributed by atoms with Gasteiger partial charge < -0.3 is 14.7 Å². The molecular formula is C11H21NO4. The second kappa shape index (κ2) is 7.09. The highest BCUT2D eigenvalue weighted by atomic mass is 16.6. The van der Waals surface area contributed by atoms with Gasteiger partial charge in [-0.3, -0.25) is 4.79 Å². The first-order chi connectivity index (χ1) is 7.38. The van der Waals surface area contributed by atoms with Gasteiger partial charge in [-0.1, -0.05) is 20.8 Å². The average Bonchev–Trinajstić information content (AvgIpc) is 2.21. The number of carbonyl (C=O) groups is 2. The molecule has 0 spiro atoms. The van der Waals surface area contributed by atoms with Crippen molar-refractivity contribution in [2.45, 2.75) is 27.7 Å². The van der Waals surface area contributed by atoms with Crippen molar-refractivity contribution in [2.24, 2.45) is 11.8 Å². The van der Waals surface area contributed by atoms with Gasteiger partial charge in [0.1, 0.15) is 0 Å². The van der Waals surface area contributed by atoms with Crippen LogP contribution in [0, 0.1) is 11.8 Å². The van der Waals surface area contributed by atoms with Crippen molar-refractivity contribution in [3.63, 3.8) is 0 Å². The molecule has 1 N–H and O–H groups in total. The molecule has 0 radical (unpaired) electrons. The zero-order valence-corrected chi connectivity index (χ0v) is 10.4. The molecule has 1 unspecified atom stereocenters. The van der Waals surface area contributed by atoms with E-state index in [0.717, 1.165) is 0 Å². The molecule has 0 saturated heterocycles. The molecule has 5 nitrogen and oxygen atoms in total. The van der Waals surface area contributed by atoms with Crippen LogP contribution in [0.2, 0.25) is 0 Å². The van der Waals surface area contributed by atoms with E-state index in [1.54, 1.807) is 13.8 Å². The first-order valence-corrected chi connectivity index (χ1v) is 5.53. The van der Waals surface area contributed by atoms with E-state index in [4.69, 9.17) is 9.84 Å². The van der Waals surface area contributed by atoms with Gasteiger partial charge in [0.25, 0.3) is 0 Å². The lowest BCUT2D eigenvalue weighted by molar-refractivity contribution is -0.141. The summed E-state index contributed by atoms with van der Waals surface area (Å²) in [4.78, 5) is 23.6. The number of nitrogens with zero attached hydrogens (tertiary/aromatic N) is 1. The smallest absolute Gasteiger partial charge is 0.409 e. The fourth-order valence-corrected chi connectivity index (χ4v) is 1.07. The minimum Gasteiger partial charge on any atom is -0.481 e. The van der Waals surface area contributed by atoms with Crippen molar-refractivity contribution in [1.82, 2.24) is 4.90 Å².